The number of ether oxygens (including phenoxy) is 2. The van der Waals surface area contributed by atoms with Gasteiger partial charge in [-0.25, -0.2) is 0 Å². The zero-order valence-electron chi connectivity index (χ0n) is 54.0. The largest absolute Gasteiger partial charge is 0.491 e. The summed E-state index contributed by atoms with van der Waals surface area (Å²) in [4.78, 5) is 38.7. The van der Waals surface area contributed by atoms with E-state index in [4.69, 9.17) is 9.47 Å². The lowest BCUT2D eigenvalue weighted by molar-refractivity contribution is -0.124. The maximum absolute atomic E-state index is 16.2. The van der Waals surface area contributed by atoms with Crippen LogP contribution in [-0.4, -0.2) is 47.9 Å². The normalized spacial score (nSPS) is 15.4. The predicted molar refractivity (Wildman–Crippen MR) is 370 cm³/mol. The Morgan fingerprint density at radius 3 is 1.27 bits per heavy atom. The Labute approximate surface area is 524 Å². The average Bonchev–Trinajstić information content (AvgIpc) is 1.74. The fourth-order valence-corrected chi connectivity index (χ4v) is 18.0. The Morgan fingerprint density at radius 2 is 0.798 bits per heavy atom. The van der Waals surface area contributed by atoms with Crippen molar-refractivity contribution in [2.45, 2.75) is 262 Å². The van der Waals surface area contributed by atoms with E-state index in [0.717, 1.165) is 128 Å². The molecule has 462 valence electrons. The number of thiophene rings is 4. The van der Waals surface area contributed by atoms with Gasteiger partial charge in [-0.3, -0.25) is 9.59 Å². The molecule has 4 atom stereocenters. The number of fused-ring (bicyclic) bond motifs is 5. The predicted octanol–water partition coefficient (Wildman–Crippen LogP) is 23.8. The highest BCUT2D eigenvalue weighted by molar-refractivity contribution is 7.22. The van der Waals surface area contributed by atoms with Crippen molar-refractivity contribution in [3.63, 3.8) is 0 Å². The van der Waals surface area contributed by atoms with Crippen LogP contribution in [0.3, 0.4) is 0 Å². The Kier molecular flexibility index (Phi) is 26.5. The molecule has 10 heteroatoms. The molecule has 84 heavy (non-hydrogen) atoms. The summed E-state index contributed by atoms with van der Waals surface area (Å²) in [5.41, 5.74) is 5.72. The number of carbonyl (C=O) groups excluding carboxylic acids is 2. The van der Waals surface area contributed by atoms with Crippen LogP contribution in [0.1, 0.15) is 270 Å². The summed E-state index contributed by atoms with van der Waals surface area (Å²) in [6.07, 6.45) is 34.3. The van der Waals surface area contributed by atoms with E-state index in [2.05, 4.69) is 114 Å². The minimum absolute atomic E-state index is 0.00715. The molecule has 0 N–H and O–H groups in total. The Hall–Kier alpha value is -3.70. The number of nitrogens with zero attached hydrogens (tertiary/aromatic N) is 2. The third kappa shape index (κ3) is 15.4. The quantitative estimate of drug-likeness (QED) is 0.0358. The van der Waals surface area contributed by atoms with Crippen LogP contribution in [0.15, 0.2) is 46.2 Å². The summed E-state index contributed by atoms with van der Waals surface area (Å²) < 4.78 is 19.4. The Morgan fingerprint density at radius 1 is 0.405 bits per heavy atom. The van der Waals surface area contributed by atoms with Gasteiger partial charge in [0.2, 0.25) is 0 Å². The summed E-state index contributed by atoms with van der Waals surface area (Å²) in [7, 11) is 0. The molecule has 0 bridgehead atoms. The number of hydrogen-bond donors (Lipinski definition) is 0. The van der Waals surface area contributed by atoms with Crippen molar-refractivity contribution < 1.29 is 19.1 Å². The van der Waals surface area contributed by atoms with Gasteiger partial charge < -0.3 is 19.3 Å². The van der Waals surface area contributed by atoms with E-state index >= 15 is 9.59 Å². The summed E-state index contributed by atoms with van der Waals surface area (Å²) in [5, 5.41) is 9.46. The van der Waals surface area contributed by atoms with Crippen LogP contribution >= 0.6 is 45.3 Å². The minimum atomic E-state index is -0.00715. The average molecular weight is 1220 g/mol. The smallest absolute Gasteiger partial charge is 0.261 e. The second-order valence-electron chi connectivity index (χ2n) is 25.2. The first-order valence-corrected chi connectivity index (χ1v) is 37.8. The molecule has 0 aliphatic carbocycles. The zero-order chi connectivity index (χ0) is 59.5. The second kappa shape index (κ2) is 33.6. The maximum Gasteiger partial charge on any atom is 0.261 e. The summed E-state index contributed by atoms with van der Waals surface area (Å²) >= 11 is 7.26. The lowest BCUT2D eigenvalue weighted by Crippen LogP contribution is -2.30. The number of benzene rings is 2. The van der Waals surface area contributed by atoms with Gasteiger partial charge in [0.25, 0.3) is 11.8 Å². The van der Waals surface area contributed by atoms with Crippen molar-refractivity contribution in [2.24, 2.45) is 23.7 Å². The first-order valence-electron chi connectivity index (χ1n) is 34.4. The van der Waals surface area contributed by atoms with Gasteiger partial charge >= 0.3 is 0 Å². The standard InChI is InChI=1S/C74H108N2O4S4/c1-11-21-27-29-31-33-41-75-65(61-47-59-58(46-52(18-8)36-24-14-4)69-56(40-44-81-69)67(72(59)84-61)79-49-53(19-9)37-25-15-5)63-64(74(75)78)66(76(73(63)77)42-34-32-30-28-22-12-2)62-48-60-68(80-50-54(20-10)38-26-16-6)71-55(39-43-82-71)57(70(60)83-62)45-51(17-7)35-23-13-3/h39-40,43-44,47-48,51-54H,11-38,41-42,45-46,49-50H2,1-10H3. The number of hydrogen-bond acceptors (Lipinski definition) is 8. The van der Waals surface area contributed by atoms with Crippen molar-refractivity contribution in [2.75, 3.05) is 26.3 Å². The van der Waals surface area contributed by atoms with E-state index in [9.17, 15) is 0 Å². The highest BCUT2D eigenvalue weighted by Crippen LogP contribution is 2.55. The molecule has 0 saturated heterocycles. The molecule has 2 aromatic carbocycles. The molecule has 0 spiro atoms. The van der Waals surface area contributed by atoms with Crippen molar-refractivity contribution in [1.29, 1.82) is 0 Å². The van der Waals surface area contributed by atoms with E-state index < -0.39 is 0 Å². The molecular formula is C74H108N2O4S4. The Balaban J connectivity index is 1.38. The third-order valence-electron chi connectivity index (χ3n) is 19.1. The van der Waals surface area contributed by atoms with Crippen molar-refractivity contribution >= 4 is 109 Å². The highest BCUT2D eigenvalue weighted by atomic mass is 32.1. The fraction of sp³-hybridized carbons (Fsp3) is 0.649. The van der Waals surface area contributed by atoms with Gasteiger partial charge in [0.1, 0.15) is 11.5 Å². The number of unbranched alkanes of at least 4 members (excludes halogenated alkanes) is 14. The van der Waals surface area contributed by atoms with Crippen LogP contribution in [0.5, 0.6) is 11.5 Å². The van der Waals surface area contributed by atoms with Crippen LogP contribution < -0.4 is 9.47 Å². The van der Waals surface area contributed by atoms with Crippen LogP contribution in [0, 0.1) is 23.7 Å². The topological polar surface area (TPSA) is 59.1 Å². The van der Waals surface area contributed by atoms with Gasteiger partial charge in [-0.2, -0.15) is 0 Å². The summed E-state index contributed by atoms with van der Waals surface area (Å²) in [6, 6.07) is 9.42. The molecule has 2 amide bonds. The van der Waals surface area contributed by atoms with E-state index in [1.165, 1.54) is 149 Å². The van der Waals surface area contributed by atoms with Gasteiger partial charge in [-0.1, -0.05) is 223 Å². The molecule has 6 nitrogen and oxygen atoms in total. The molecule has 6 aromatic rings. The lowest BCUT2D eigenvalue weighted by Gasteiger charge is -2.24. The Bertz CT molecular complexity index is 2900. The van der Waals surface area contributed by atoms with Crippen LogP contribution in [0.4, 0.5) is 0 Å². The SMILES string of the molecule is CCCCCCCCN1C(=O)C2=C(c3cc4c(CC(CC)CCCC)c5sccc5c(OCC(CC)CCCC)c4s3)N(CCCCCCCC)C(=O)C2=C1c1cc2c(OCC(CC)CCCC)c3sccc3c(CC(CC)CCCC)c2s1. The summed E-state index contributed by atoms with van der Waals surface area (Å²) in [6.45, 7) is 25.7. The van der Waals surface area contributed by atoms with Gasteiger partial charge in [0.05, 0.1) is 54.9 Å². The molecule has 2 aliphatic heterocycles. The number of carbonyl (C=O) groups is 2. The minimum Gasteiger partial charge on any atom is -0.491 e. The molecule has 6 heterocycles. The van der Waals surface area contributed by atoms with Crippen molar-refractivity contribution in [3.05, 3.63) is 67.1 Å². The molecule has 2 aliphatic rings. The van der Waals surface area contributed by atoms with Gasteiger partial charge in [0.15, 0.2) is 0 Å². The van der Waals surface area contributed by atoms with Crippen molar-refractivity contribution in [3.8, 4) is 11.5 Å². The first-order chi connectivity index (χ1) is 41.1. The van der Waals surface area contributed by atoms with Crippen LogP contribution in [-0.2, 0) is 22.4 Å². The van der Waals surface area contributed by atoms with E-state index in [0.29, 0.717) is 61.1 Å². The molecule has 4 unspecified atom stereocenters. The van der Waals surface area contributed by atoms with Gasteiger partial charge in [0, 0.05) is 44.0 Å². The molecule has 0 radical (unpaired) electrons. The molecule has 0 fully saturated rings. The highest BCUT2D eigenvalue weighted by Gasteiger charge is 2.49. The fourth-order valence-electron chi connectivity index (χ4n) is 13.5. The van der Waals surface area contributed by atoms with Crippen molar-refractivity contribution in [1.82, 2.24) is 9.80 Å². The molecule has 8 rings (SSSR count). The summed E-state index contributed by atoms with van der Waals surface area (Å²) in [5.74, 6) is 4.06. The van der Waals surface area contributed by atoms with Gasteiger partial charge in [-0.15, -0.1) is 45.3 Å². The molecular weight excluding hydrogens is 1110 g/mol. The van der Waals surface area contributed by atoms with E-state index in [1.807, 2.05) is 34.0 Å². The van der Waals surface area contributed by atoms with Gasteiger partial charge in [-0.05, 0) is 108 Å². The second-order valence-corrected chi connectivity index (χ2v) is 29.2. The first kappa shape index (κ1) is 66.3. The number of amides is 2. The zero-order valence-corrected chi connectivity index (χ0v) is 57.2. The van der Waals surface area contributed by atoms with Crippen LogP contribution in [0.25, 0.3) is 51.7 Å². The molecule has 4 aromatic heterocycles. The van der Waals surface area contributed by atoms with E-state index in [1.54, 1.807) is 11.3 Å². The third-order valence-corrected chi connectivity index (χ3v) is 23.3. The van der Waals surface area contributed by atoms with Crippen LogP contribution in [0.2, 0.25) is 0 Å². The molecule has 0 saturated carbocycles. The monoisotopic (exact) mass is 1220 g/mol. The number of rotatable bonds is 42. The lowest BCUT2D eigenvalue weighted by atomic mass is 9.90. The maximum atomic E-state index is 16.2. The van der Waals surface area contributed by atoms with E-state index in [-0.39, 0.29) is 11.8 Å².